The van der Waals surface area contributed by atoms with E-state index in [1.807, 2.05) is 39.0 Å². The molecule has 6 nitrogen and oxygen atoms in total. The van der Waals surface area contributed by atoms with E-state index >= 15 is 0 Å². The minimum absolute atomic E-state index is 0.0817. The first-order chi connectivity index (χ1) is 15.4. The van der Waals surface area contributed by atoms with Gasteiger partial charge in [-0.25, -0.2) is 0 Å². The number of ether oxygens (including phenoxy) is 2. The second kappa shape index (κ2) is 9.22. The van der Waals surface area contributed by atoms with Gasteiger partial charge in [-0.3, -0.25) is 15.1 Å². The number of allylic oxidation sites excluding steroid dienone is 1. The third-order valence-corrected chi connectivity index (χ3v) is 5.98. The van der Waals surface area contributed by atoms with Crippen LogP contribution in [0.4, 0.5) is 0 Å². The molecule has 0 bridgehead atoms. The van der Waals surface area contributed by atoms with Crippen molar-refractivity contribution in [1.29, 1.82) is 5.41 Å². The number of nitrogens with zero attached hydrogens (tertiary/aromatic N) is 2. The van der Waals surface area contributed by atoms with E-state index in [9.17, 15) is 4.79 Å². The summed E-state index contributed by atoms with van der Waals surface area (Å²) in [6, 6.07) is 11.5. The summed E-state index contributed by atoms with van der Waals surface area (Å²) in [7, 11) is 0. The lowest BCUT2D eigenvalue weighted by Gasteiger charge is -2.22. The predicted octanol–water partition coefficient (Wildman–Crippen LogP) is 5.79. The summed E-state index contributed by atoms with van der Waals surface area (Å²) in [5.74, 6) is 0.548. The number of carbonyl (C=O) groups is 1. The molecule has 2 aliphatic rings. The molecule has 1 amide bonds. The monoisotopic (exact) mass is 467 g/mol. The SMILES string of the molecule is CCOc1cc(/C=C2\C(=N)N3C=C(C)SC3=NC2=O)cc(Cl)c1OCc1cccc(C)c1. The fourth-order valence-corrected chi connectivity index (χ4v) is 4.49. The molecule has 2 aliphatic heterocycles. The average molecular weight is 468 g/mol. The number of rotatable bonds is 6. The first kappa shape index (κ1) is 22.2. The smallest absolute Gasteiger partial charge is 0.283 e. The zero-order valence-corrected chi connectivity index (χ0v) is 19.5. The fraction of sp³-hybridized carbons (Fsp3) is 0.208. The van der Waals surface area contributed by atoms with E-state index < -0.39 is 5.91 Å². The van der Waals surface area contributed by atoms with Crippen LogP contribution in [0.1, 0.15) is 30.5 Å². The second-order valence-corrected chi connectivity index (χ2v) is 8.98. The van der Waals surface area contributed by atoms with Gasteiger partial charge in [0, 0.05) is 11.1 Å². The zero-order valence-electron chi connectivity index (χ0n) is 17.9. The number of fused-ring (bicyclic) bond motifs is 1. The molecule has 0 spiro atoms. The number of aliphatic imine (C=N–C) groups is 1. The van der Waals surface area contributed by atoms with Crippen molar-refractivity contribution in [3.8, 4) is 11.5 Å². The van der Waals surface area contributed by atoms with Crippen molar-refractivity contribution >= 4 is 46.3 Å². The molecule has 0 unspecified atom stereocenters. The number of halogens is 1. The van der Waals surface area contributed by atoms with Gasteiger partial charge in [0.25, 0.3) is 5.91 Å². The Labute approximate surface area is 196 Å². The Bertz CT molecular complexity index is 1200. The maximum Gasteiger partial charge on any atom is 0.283 e. The quantitative estimate of drug-likeness (QED) is 0.544. The number of aryl methyl sites for hydroxylation is 1. The highest BCUT2D eigenvalue weighted by atomic mass is 35.5. The van der Waals surface area contributed by atoms with E-state index in [-0.39, 0.29) is 11.4 Å². The first-order valence-electron chi connectivity index (χ1n) is 10.1. The molecular formula is C24H22ClN3O3S. The van der Waals surface area contributed by atoms with Gasteiger partial charge in [-0.05, 0) is 50.1 Å². The number of thioether (sulfide) groups is 1. The number of carbonyl (C=O) groups excluding carboxylic acids is 1. The van der Waals surface area contributed by atoms with Crippen molar-refractivity contribution in [2.45, 2.75) is 27.4 Å². The van der Waals surface area contributed by atoms with Crippen LogP contribution in [-0.4, -0.2) is 28.4 Å². The molecule has 4 rings (SSSR count). The van der Waals surface area contributed by atoms with Crippen LogP contribution in [0.15, 0.2) is 58.1 Å². The number of benzene rings is 2. The molecule has 2 aromatic rings. The number of amidine groups is 2. The Morgan fingerprint density at radius 3 is 2.78 bits per heavy atom. The van der Waals surface area contributed by atoms with Crippen LogP contribution in [0.3, 0.4) is 0 Å². The molecule has 2 aromatic carbocycles. The Kier molecular flexibility index (Phi) is 6.39. The molecular weight excluding hydrogens is 446 g/mol. The highest BCUT2D eigenvalue weighted by Gasteiger charge is 2.33. The molecule has 0 aliphatic carbocycles. The topological polar surface area (TPSA) is 75.0 Å². The molecule has 0 radical (unpaired) electrons. The molecule has 0 saturated heterocycles. The molecule has 1 N–H and O–H groups in total. The van der Waals surface area contributed by atoms with E-state index in [0.717, 1.165) is 16.0 Å². The minimum atomic E-state index is -0.453. The van der Waals surface area contributed by atoms with E-state index in [4.69, 9.17) is 26.5 Å². The van der Waals surface area contributed by atoms with Crippen molar-refractivity contribution in [3.63, 3.8) is 0 Å². The lowest BCUT2D eigenvalue weighted by atomic mass is 10.1. The summed E-state index contributed by atoms with van der Waals surface area (Å²) in [5.41, 5.74) is 2.99. The van der Waals surface area contributed by atoms with Crippen LogP contribution in [0, 0.1) is 12.3 Å². The summed E-state index contributed by atoms with van der Waals surface area (Å²) >= 11 is 7.92. The Balaban J connectivity index is 1.64. The first-order valence-corrected chi connectivity index (χ1v) is 11.3. The number of nitrogens with one attached hydrogen (secondary N) is 1. The van der Waals surface area contributed by atoms with Crippen molar-refractivity contribution < 1.29 is 14.3 Å². The lowest BCUT2D eigenvalue weighted by Crippen LogP contribution is -2.35. The van der Waals surface area contributed by atoms with Crippen LogP contribution in [-0.2, 0) is 11.4 Å². The standard InChI is InChI=1S/C24H22ClN3O3S/c1-4-30-20-11-17(9-18-22(26)28-12-15(3)32-24(28)27-23(18)29)10-19(25)21(20)31-13-16-7-5-6-14(2)8-16/h5-12,26H,4,13H2,1-3H3/b18-9+,26-22?. The zero-order chi connectivity index (χ0) is 22.8. The third kappa shape index (κ3) is 4.59. The van der Waals surface area contributed by atoms with E-state index in [0.29, 0.717) is 40.5 Å². The van der Waals surface area contributed by atoms with Gasteiger partial charge in [0.2, 0.25) is 0 Å². The summed E-state index contributed by atoms with van der Waals surface area (Å²) < 4.78 is 11.8. The van der Waals surface area contributed by atoms with Gasteiger partial charge >= 0.3 is 0 Å². The van der Waals surface area contributed by atoms with Crippen molar-refractivity contribution in [2.75, 3.05) is 6.61 Å². The van der Waals surface area contributed by atoms with Gasteiger partial charge in [-0.2, -0.15) is 4.99 Å². The van der Waals surface area contributed by atoms with Gasteiger partial charge in [0.15, 0.2) is 16.7 Å². The van der Waals surface area contributed by atoms with E-state index in [1.54, 1.807) is 29.3 Å². The Morgan fingerprint density at radius 1 is 1.22 bits per heavy atom. The summed E-state index contributed by atoms with van der Waals surface area (Å²) in [4.78, 5) is 19.2. The largest absolute Gasteiger partial charge is 0.490 e. The van der Waals surface area contributed by atoms with Crippen molar-refractivity contribution in [3.05, 3.63) is 74.8 Å². The van der Waals surface area contributed by atoms with E-state index in [2.05, 4.69) is 11.1 Å². The Morgan fingerprint density at radius 2 is 2.03 bits per heavy atom. The predicted molar refractivity (Wildman–Crippen MR) is 129 cm³/mol. The van der Waals surface area contributed by atoms with Crippen LogP contribution in [0.5, 0.6) is 11.5 Å². The lowest BCUT2D eigenvalue weighted by molar-refractivity contribution is -0.114. The van der Waals surface area contributed by atoms with Gasteiger partial charge in [0.1, 0.15) is 12.4 Å². The molecule has 8 heteroatoms. The Hall–Kier alpha value is -3.03. The number of hydrogen-bond donors (Lipinski definition) is 1. The second-order valence-electron chi connectivity index (χ2n) is 7.36. The maximum atomic E-state index is 12.6. The molecule has 2 heterocycles. The van der Waals surface area contributed by atoms with Gasteiger partial charge in [0.05, 0.1) is 17.2 Å². The molecule has 0 saturated carbocycles. The molecule has 164 valence electrons. The van der Waals surface area contributed by atoms with E-state index in [1.165, 1.54) is 11.8 Å². The highest BCUT2D eigenvalue weighted by Crippen LogP contribution is 2.39. The van der Waals surface area contributed by atoms with Gasteiger partial charge in [-0.1, -0.05) is 53.2 Å². The molecule has 32 heavy (non-hydrogen) atoms. The van der Waals surface area contributed by atoms with Crippen molar-refractivity contribution in [2.24, 2.45) is 4.99 Å². The highest BCUT2D eigenvalue weighted by molar-refractivity contribution is 8.17. The van der Waals surface area contributed by atoms with Gasteiger partial charge < -0.3 is 9.47 Å². The average Bonchev–Trinajstić information content (AvgIpc) is 3.11. The number of hydrogen-bond acceptors (Lipinski definition) is 5. The van der Waals surface area contributed by atoms with Crippen molar-refractivity contribution in [1.82, 2.24) is 4.90 Å². The summed E-state index contributed by atoms with van der Waals surface area (Å²) in [6.07, 6.45) is 3.41. The van der Waals surface area contributed by atoms with Crippen LogP contribution < -0.4 is 9.47 Å². The fourth-order valence-electron chi connectivity index (χ4n) is 3.40. The minimum Gasteiger partial charge on any atom is -0.490 e. The van der Waals surface area contributed by atoms with Gasteiger partial charge in [-0.15, -0.1) is 0 Å². The van der Waals surface area contributed by atoms with Crippen LogP contribution in [0.25, 0.3) is 6.08 Å². The molecule has 0 atom stereocenters. The molecule has 0 fully saturated rings. The number of amides is 1. The summed E-state index contributed by atoms with van der Waals surface area (Å²) in [5, 5.41) is 9.33. The van der Waals surface area contributed by atoms with Crippen LogP contribution in [0.2, 0.25) is 5.02 Å². The molecule has 0 aromatic heterocycles. The maximum absolute atomic E-state index is 12.6. The third-order valence-electron chi connectivity index (χ3n) is 4.80. The van der Waals surface area contributed by atoms with Crippen LogP contribution >= 0.6 is 23.4 Å². The summed E-state index contributed by atoms with van der Waals surface area (Å²) in [6.45, 7) is 6.59. The normalized spacial score (nSPS) is 16.8.